The van der Waals surface area contributed by atoms with Gasteiger partial charge in [-0.05, 0) is 86.8 Å². The minimum Gasteiger partial charge on any atom is -0.481 e. The van der Waals surface area contributed by atoms with E-state index in [9.17, 15) is 4.79 Å². The molecule has 2 aromatic rings. The van der Waals surface area contributed by atoms with Crippen molar-refractivity contribution in [3.63, 3.8) is 0 Å². The van der Waals surface area contributed by atoms with Crippen molar-refractivity contribution in [2.24, 2.45) is 0 Å². The smallest absolute Gasteiger partial charge is 0.261 e. The summed E-state index contributed by atoms with van der Waals surface area (Å²) in [6.07, 6.45) is 7.07. The van der Waals surface area contributed by atoms with Crippen LogP contribution < -0.4 is 15.0 Å². The van der Waals surface area contributed by atoms with Gasteiger partial charge in [-0.1, -0.05) is 31.2 Å². The van der Waals surface area contributed by atoms with Gasteiger partial charge in [-0.25, -0.2) is 0 Å². The highest BCUT2D eigenvalue weighted by atomic mass is 16.5. The number of fused-ring (bicyclic) bond motifs is 2. The Hall–Kier alpha value is -2.49. The summed E-state index contributed by atoms with van der Waals surface area (Å²) in [7, 11) is 0. The Bertz CT molecular complexity index is 879. The predicted octanol–water partition coefficient (Wildman–Crippen LogP) is 4.68. The van der Waals surface area contributed by atoms with Crippen LogP contribution in [0.1, 0.15) is 56.2 Å². The zero-order chi connectivity index (χ0) is 20.9. The number of anilines is 1. The van der Waals surface area contributed by atoms with Crippen LogP contribution in [0.25, 0.3) is 0 Å². The number of nitrogens with one attached hydrogen (secondary N) is 1. The van der Waals surface area contributed by atoms with Gasteiger partial charge in [-0.2, -0.15) is 0 Å². The van der Waals surface area contributed by atoms with E-state index in [0.29, 0.717) is 19.0 Å². The second-order valence-corrected chi connectivity index (χ2v) is 8.67. The van der Waals surface area contributed by atoms with E-state index in [1.807, 2.05) is 13.0 Å². The molecule has 1 aliphatic heterocycles. The molecule has 0 aromatic heterocycles. The van der Waals surface area contributed by atoms with Crippen LogP contribution in [-0.2, 0) is 24.1 Å². The molecule has 2 aromatic carbocycles. The molecule has 1 N–H and O–H groups in total. The molecule has 4 rings (SSSR count). The van der Waals surface area contributed by atoms with Gasteiger partial charge >= 0.3 is 0 Å². The van der Waals surface area contributed by atoms with Crippen LogP contribution in [0.2, 0.25) is 0 Å². The number of carbonyl (C=O) groups excluding carboxylic acids is 1. The minimum absolute atomic E-state index is 0.00917. The van der Waals surface area contributed by atoms with Crippen molar-refractivity contribution < 1.29 is 9.53 Å². The van der Waals surface area contributed by atoms with Gasteiger partial charge in [-0.3, -0.25) is 4.79 Å². The standard InChI is InChI=1S/C26H34N2O2/c1-3-25(30-23-14-13-20-9-4-5-10-21(20)18-23)26(29)27-15-8-16-28-19(2)17-22-11-6-7-12-24(22)28/h6-7,11-14,18-19,25H,3-5,8-10,15-17H2,1-2H3,(H,27,29)/t19-,25-/m0/s1. The molecule has 0 saturated heterocycles. The molecule has 4 heteroatoms. The predicted molar refractivity (Wildman–Crippen MR) is 122 cm³/mol. The van der Waals surface area contributed by atoms with Crippen molar-refractivity contribution in [2.45, 2.75) is 70.9 Å². The maximum Gasteiger partial charge on any atom is 0.261 e. The summed E-state index contributed by atoms with van der Waals surface area (Å²) in [6.45, 7) is 5.92. The summed E-state index contributed by atoms with van der Waals surface area (Å²) in [5.74, 6) is 0.810. The Balaban J connectivity index is 1.26. The largest absolute Gasteiger partial charge is 0.481 e. The lowest BCUT2D eigenvalue weighted by molar-refractivity contribution is -0.128. The van der Waals surface area contributed by atoms with Gasteiger partial charge < -0.3 is 15.0 Å². The van der Waals surface area contributed by atoms with E-state index in [1.165, 1.54) is 35.2 Å². The number of para-hydroxylation sites is 1. The first-order valence-corrected chi connectivity index (χ1v) is 11.6. The summed E-state index contributed by atoms with van der Waals surface area (Å²) in [5.41, 5.74) is 5.59. The number of amides is 1. The second kappa shape index (κ2) is 9.55. The highest BCUT2D eigenvalue weighted by molar-refractivity contribution is 5.81. The van der Waals surface area contributed by atoms with Gasteiger partial charge in [0.15, 0.2) is 6.10 Å². The van der Waals surface area contributed by atoms with Gasteiger partial charge in [0.25, 0.3) is 5.91 Å². The molecule has 2 atom stereocenters. The molecule has 1 amide bonds. The summed E-state index contributed by atoms with van der Waals surface area (Å²) < 4.78 is 6.06. The lowest BCUT2D eigenvalue weighted by atomic mass is 9.92. The van der Waals surface area contributed by atoms with Crippen molar-refractivity contribution in [2.75, 3.05) is 18.0 Å². The molecule has 0 spiro atoms. The van der Waals surface area contributed by atoms with E-state index in [4.69, 9.17) is 4.74 Å². The van der Waals surface area contributed by atoms with Gasteiger partial charge in [0.05, 0.1) is 0 Å². The van der Waals surface area contributed by atoms with Crippen LogP contribution in [0, 0.1) is 0 Å². The summed E-state index contributed by atoms with van der Waals surface area (Å²) >= 11 is 0. The average molecular weight is 407 g/mol. The number of ether oxygens (including phenoxy) is 1. The highest BCUT2D eigenvalue weighted by Gasteiger charge is 2.25. The van der Waals surface area contributed by atoms with Crippen LogP contribution in [0.4, 0.5) is 5.69 Å². The number of hydrogen-bond acceptors (Lipinski definition) is 3. The third kappa shape index (κ3) is 4.63. The molecule has 2 aliphatic rings. The Kier molecular flexibility index (Phi) is 6.61. The van der Waals surface area contributed by atoms with Gasteiger partial charge in [0.2, 0.25) is 0 Å². The molecule has 160 valence electrons. The fourth-order valence-electron chi connectivity index (χ4n) is 4.81. The Morgan fingerprint density at radius 3 is 2.77 bits per heavy atom. The number of rotatable bonds is 8. The molecule has 0 radical (unpaired) electrons. The fraction of sp³-hybridized carbons (Fsp3) is 0.500. The lowest BCUT2D eigenvalue weighted by Gasteiger charge is -2.25. The van der Waals surface area contributed by atoms with Gasteiger partial charge in [0.1, 0.15) is 5.75 Å². The van der Waals surface area contributed by atoms with E-state index in [-0.39, 0.29) is 5.91 Å². The van der Waals surface area contributed by atoms with Crippen LogP contribution in [-0.4, -0.2) is 31.1 Å². The highest BCUT2D eigenvalue weighted by Crippen LogP contribution is 2.31. The molecule has 1 aliphatic carbocycles. The van der Waals surface area contributed by atoms with Crippen molar-refractivity contribution in [3.05, 3.63) is 59.2 Å². The van der Waals surface area contributed by atoms with Crippen molar-refractivity contribution in [1.82, 2.24) is 5.32 Å². The first-order valence-electron chi connectivity index (χ1n) is 11.6. The molecule has 0 bridgehead atoms. The average Bonchev–Trinajstić information content (AvgIpc) is 3.09. The molecular weight excluding hydrogens is 372 g/mol. The first kappa shape index (κ1) is 20.8. The quantitative estimate of drug-likeness (QED) is 0.647. The number of aryl methyl sites for hydroxylation is 2. The molecule has 0 saturated carbocycles. The van der Waals surface area contributed by atoms with Crippen LogP contribution in [0.5, 0.6) is 5.75 Å². The van der Waals surface area contributed by atoms with E-state index in [0.717, 1.165) is 38.0 Å². The fourth-order valence-corrected chi connectivity index (χ4v) is 4.81. The van der Waals surface area contributed by atoms with Crippen LogP contribution in [0.3, 0.4) is 0 Å². The number of hydrogen-bond donors (Lipinski definition) is 1. The molecule has 1 heterocycles. The van der Waals surface area contributed by atoms with Crippen molar-refractivity contribution in [3.8, 4) is 5.75 Å². The number of nitrogens with zero attached hydrogens (tertiary/aromatic N) is 1. The zero-order valence-electron chi connectivity index (χ0n) is 18.3. The van der Waals surface area contributed by atoms with Gasteiger partial charge in [0, 0.05) is 24.8 Å². The number of carbonyl (C=O) groups is 1. The monoisotopic (exact) mass is 406 g/mol. The van der Waals surface area contributed by atoms with Crippen molar-refractivity contribution in [1.29, 1.82) is 0 Å². The topological polar surface area (TPSA) is 41.6 Å². The normalized spacial score (nSPS) is 18.5. The Labute approximate surface area is 180 Å². The summed E-state index contributed by atoms with van der Waals surface area (Å²) in [5, 5.41) is 3.09. The maximum atomic E-state index is 12.7. The molecule has 30 heavy (non-hydrogen) atoms. The zero-order valence-corrected chi connectivity index (χ0v) is 18.3. The van der Waals surface area contributed by atoms with E-state index < -0.39 is 6.10 Å². The van der Waals surface area contributed by atoms with Crippen LogP contribution >= 0.6 is 0 Å². The minimum atomic E-state index is -0.432. The molecular formula is C26H34N2O2. The van der Waals surface area contributed by atoms with Crippen LogP contribution in [0.15, 0.2) is 42.5 Å². The summed E-state index contributed by atoms with van der Waals surface area (Å²) in [4.78, 5) is 15.1. The van der Waals surface area contributed by atoms with E-state index in [1.54, 1.807) is 0 Å². The number of benzene rings is 2. The Morgan fingerprint density at radius 2 is 1.93 bits per heavy atom. The van der Waals surface area contributed by atoms with E-state index >= 15 is 0 Å². The van der Waals surface area contributed by atoms with Crippen molar-refractivity contribution >= 4 is 11.6 Å². The van der Waals surface area contributed by atoms with Gasteiger partial charge in [-0.15, -0.1) is 0 Å². The molecule has 4 nitrogen and oxygen atoms in total. The Morgan fingerprint density at radius 1 is 1.13 bits per heavy atom. The van der Waals surface area contributed by atoms with E-state index in [2.05, 4.69) is 53.5 Å². The lowest BCUT2D eigenvalue weighted by Crippen LogP contribution is -2.39. The summed E-state index contributed by atoms with van der Waals surface area (Å²) in [6, 6.07) is 15.5. The third-order valence-corrected chi connectivity index (χ3v) is 6.48. The maximum absolute atomic E-state index is 12.7. The third-order valence-electron chi connectivity index (χ3n) is 6.48. The second-order valence-electron chi connectivity index (χ2n) is 8.67. The SMILES string of the molecule is CC[C@H](Oc1ccc2c(c1)CCCC2)C(=O)NCCCN1c2ccccc2C[C@@H]1C. The molecule has 0 unspecified atom stereocenters. The first-order chi connectivity index (χ1) is 14.7. The molecule has 0 fully saturated rings.